The van der Waals surface area contributed by atoms with Crippen LogP contribution >= 0.6 is 0 Å². The molecule has 3 N–H and O–H groups in total. The summed E-state index contributed by atoms with van der Waals surface area (Å²) in [6.07, 6.45) is 4.37. The number of sulfonamides is 1. The number of anilines is 1. The molecule has 0 radical (unpaired) electrons. The molecule has 11 nitrogen and oxygen atoms in total. The molecular formula is C27H26N8O3S. The molecule has 198 valence electrons. The van der Waals surface area contributed by atoms with Crippen molar-refractivity contribution < 1.29 is 13.2 Å². The summed E-state index contributed by atoms with van der Waals surface area (Å²) in [5.74, 6) is 0.178. The van der Waals surface area contributed by atoms with E-state index in [2.05, 4.69) is 21.3 Å². The number of nitrogens with two attached hydrogens (primary N) is 1. The third-order valence-electron chi connectivity index (χ3n) is 6.74. The lowest BCUT2D eigenvalue weighted by Gasteiger charge is -2.32. The fraction of sp³-hybridized carbons (Fsp3) is 0.222. The SMILES string of the molecule is C=CC(=O)N1CCC[C@@H](n2nc(-c3ccc(CNS(=O)(=O)c4ccccc4C#N)cc3)c3c(N)ncnc32)C1. The van der Waals surface area contributed by atoms with Gasteiger partial charge in [-0.25, -0.2) is 27.8 Å². The van der Waals surface area contributed by atoms with Crippen LogP contribution in [-0.4, -0.2) is 52.1 Å². The molecule has 1 atom stereocenters. The van der Waals surface area contributed by atoms with E-state index in [1.54, 1.807) is 29.2 Å². The number of nitrogens with one attached hydrogen (secondary N) is 1. The molecule has 3 heterocycles. The topological polar surface area (TPSA) is 160 Å². The Morgan fingerprint density at radius 1 is 1.21 bits per heavy atom. The van der Waals surface area contributed by atoms with Crippen LogP contribution in [0.2, 0.25) is 0 Å². The number of aromatic nitrogens is 4. The maximum atomic E-state index is 12.8. The minimum Gasteiger partial charge on any atom is -0.383 e. The van der Waals surface area contributed by atoms with E-state index >= 15 is 0 Å². The monoisotopic (exact) mass is 542 g/mol. The van der Waals surface area contributed by atoms with Crippen LogP contribution in [0.4, 0.5) is 5.82 Å². The minimum atomic E-state index is -3.88. The van der Waals surface area contributed by atoms with Gasteiger partial charge in [0.2, 0.25) is 15.9 Å². The van der Waals surface area contributed by atoms with Gasteiger partial charge in [0.1, 0.15) is 23.9 Å². The molecule has 1 amide bonds. The van der Waals surface area contributed by atoms with Crippen LogP contribution in [0.15, 0.2) is 72.4 Å². The second-order valence-electron chi connectivity index (χ2n) is 9.16. The van der Waals surface area contributed by atoms with Crippen LogP contribution in [0, 0.1) is 11.3 Å². The van der Waals surface area contributed by atoms with E-state index in [-0.39, 0.29) is 29.0 Å². The molecule has 1 aliphatic heterocycles. The average Bonchev–Trinajstić information content (AvgIpc) is 3.37. The number of nitrogen functional groups attached to an aromatic ring is 1. The van der Waals surface area contributed by atoms with Crippen LogP contribution < -0.4 is 10.5 Å². The van der Waals surface area contributed by atoms with Gasteiger partial charge in [-0.1, -0.05) is 43.0 Å². The second-order valence-corrected chi connectivity index (χ2v) is 10.9. The molecule has 5 rings (SSSR count). The predicted molar refractivity (Wildman–Crippen MR) is 145 cm³/mol. The fourth-order valence-electron chi connectivity index (χ4n) is 4.77. The molecule has 1 fully saturated rings. The first kappa shape index (κ1) is 26.0. The quantitative estimate of drug-likeness (QED) is 0.337. The summed E-state index contributed by atoms with van der Waals surface area (Å²) < 4.78 is 29.9. The summed E-state index contributed by atoms with van der Waals surface area (Å²) in [7, 11) is -3.88. The van der Waals surface area contributed by atoms with Crippen molar-refractivity contribution in [3.63, 3.8) is 0 Å². The lowest BCUT2D eigenvalue weighted by Crippen LogP contribution is -2.40. The van der Waals surface area contributed by atoms with E-state index in [1.807, 2.05) is 22.9 Å². The van der Waals surface area contributed by atoms with Gasteiger partial charge >= 0.3 is 0 Å². The Hall–Kier alpha value is -4.60. The van der Waals surface area contributed by atoms with Crippen molar-refractivity contribution in [3.8, 4) is 17.3 Å². The third kappa shape index (κ3) is 5.09. The highest BCUT2D eigenvalue weighted by molar-refractivity contribution is 7.89. The Kier molecular flexibility index (Phi) is 7.10. The van der Waals surface area contributed by atoms with Gasteiger partial charge in [0.05, 0.1) is 21.9 Å². The van der Waals surface area contributed by atoms with Crippen molar-refractivity contribution in [2.75, 3.05) is 18.8 Å². The number of amides is 1. The Bertz CT molecular complexity index is 1710. The molecule has 0 spiro atoms. The van der Waals surface area contributed by atoms with Crippen LogP contribution in [-0.2, 0) is 21.4 Å². The smallest absolute Gasteiger partial charge is 0.246 e. The Morgan fingerprint density at radius 2 is 1.97 bits per heavy atom. The maximum absolute atomic E-state index is 12.8. The highest BCUT2D eigenvalue weighted by atomic mass is 32.2. The molecule has 0 bridgehead atoms. The molecule has 1 aliphatic rings. The molecule has 4 aromatic rings. The number of fused-ring (bicyclic) bond motifs is 1. The number of hydrogen-bond donors (Lipinski definition) is 2. The molecule has 12 heteroatoms. The van der Waals surface area contributed by atoms with Gasteiger partial charge in [-0.15, -0.1) is 0 Å². The van der Waals surface area contributed by atoms with Gasteiger partial charge in [0.15, 0.2) is 5.65 Å². The molecule has 1 saturated heterocycles. The number of carbonyl (C=O) groups excluding carboxylic acids is 1. The average molecular weight is 543 g/mol. The van der Waals surface area contributed by atoms with Crippen LogP contribution in [0.3, 0.4) is 0 Å². The first-order chi connectivity index (χ1) is 18.8. The largest absolute Gasteiger partial charge is 0.383 e. The van der Waals surface area contributed by atoms with Crippen LogP contribution in [0.5, 0.6) is 0 Å². The standard InChI is InChI=1S/C27H26N8O3S/c1-2-23(36)34-13-5-7-21(16-34)35-27-24(26(29)30-17-31-27)25(33-35)19-11-9-18(10-12-19)15-32-39(37,38)22-8-4-3-6-20(22)14-28/h2-4,6,8-12,17,21,32H,1,5,7,13,15-16H2,(H2,29,30,31)/t21-/m1/s1. The summed E-state index contributed by atoms with van der Waals surface area (Å²) in [5.41, 5.74) is 9.01. The van der Waals surface area contributed by atoms with Crippen molar-refractivity contribution in [1.82, 2.24) is 29.4 Å². The highest BCUT2D eigenvalue weighted by Crippen LogP contribution is 2.34. The summed E-state index contributed by atoms with van der Waals surface area (Å²) in [6.45, 7) is 4.78. The van der Waals surface area contributed by atoms with Crippen LogP contribution in [0.25, 0.3) is 22.3 Å². The lowest BCUT2D eigenvalue weighted by atomic mass is 10.1. The molecule has 0 saturated carbocycles. The summed E-state index contributed by atoms with van der Waals surface area (Å²) in [6, 6.07) is 15.1. The zero-order chi connectivity index (χ0) is 27.6. The number of benzene rings is 2. The minimum absolute atomic E-state index is 0.0397. The first-order valence-electron chi connectivity index (χ1n) is 12.3. The van der Waals surface area contributed by atoms with Gasteiger partial charge in [0.25, 0.3) is 0 Å². The van der Waals surface area contributed by atoms with Gasteiger partial charge in [0, 0.05) is 25.2 Å². The van der Waals surface area contributed by atoms with Crippen LogP contribution in [0.1, 0.15) is 30.0 Å². The Labute approximate surface area is 225 Å². The molecular weight excluding hydrogens is 516 g/mol. The number of piperidine rings is 1. The third-order valence-corrected chi connectivity index (χ3v) is 8.20. The van der Waals surface area contributed by atoms with E-state index < -0.39 is 10.0 Å². The number of nitrogens with zero attached hydrogens (tertiary/aromatic N) is 6. The zero-order valence-electron chi connectivity index (χ0n) is 21.0. The molecule has 0 aliphatic carbocycles. The van der Waals surface area contributed by atoms with Gasteiger partial charge in [-0.05, 0) is 36.6 Å². The molecule has 0 unspecified atom stereocenters. The number of rotatable bonds is 7. The molecule has 2 aromatic heterocycles. The number of carbonyl (C=O) groups is 1. The lowest BCUT2D eigenvalue weighted by molar-refractivity contribution is -0.127. The predicted octanol–water partition coefficient (Wildman–Crippen LogP) is 2.78. The van der Waals surface area contributed by atoms with Crippen molar-refractivity contribution in [3.05, 3.63) is 78.6 Å². The van der Waals surface area contributed by atoms with Gasteiger partial charge in [-0.2, -0.15) is 10.4 Å². The number of nitriles is 1. The van der Waals surface area contributed by atoms with Crippen molar-refractivity contribution in [2.45, 2.75) is 30.3 Å². The van der Waals surface area contributed by atoms with E-state index in [0.29, 0.717) is 35.6 Å². The van der Waals surface area contributed by atoms with Crippen molar-refractivity contribution in [1.29, 1.82) is 5.26 Å². The van der Waals surface area contributed by atoms with E-state index in [4.69, 9.17) is 10.8 Å². The zero-order valence-corrected chi connectivity index (χ0v) is 21.8. The fourth-order valence-corrected chi connectivity index (χ4v) is 5.94. The number of hydrogen-bond acceptors (Lipinski definition) is 8. The van der Waals surface area contributed by atoms with E-state index in [0.717, 1.165) is 24.0 Å². The molecule has 39 heavy (non-hydrogen) atoms. The highest BCUT2D eigenvalue weighted by Gasteiger charge is 2.28. The molecule has 2 aromatic carbocycles. The first-order valence-corrected chi connectivity index (χ1v) is 13.8. The summed E-state index contributed by atoms with van der Waals surface area (Å²) in [4.78, 5) is 22.5. The van der Waals surface area contributed by atoms with Crippen molar-refractivity contribution in [2.24, 2.45) is 0 Å². The van der Waals surface area contributed by atoms with Gasteiger partial charge < -0.3 is 10.6 Å². The van der Waals surface area contributed by atoms with Crippen molar-refractivity contribution >= 4 is 32.8 Å². The van der Waals surface area contributed by atoms with Gasteiger partial charge in [-0.3, -0.25) is 4.79 Å². The maximum Gasteiger partial charge on any atom is 0.246 e. The second kappa shape index (κ2) is 10.6. The summed E-state index contributed by atoms with van der Waals surface area (Å²) >= 11 is 0. The number of likely N-dealkylation sites (tertiary alicyclic amines) is 1. The van der Waals surface area contributed by atoms with E-state index in [9.17, 15) is 18.5 Å². The van der Waals surface area contributed by atoms with E-state index in [1.165, 1.54) is 24.5 Å². The Balaban J connectivity index is 1.41. The Morgan fingerprint density at radius 3 is 2.72 bits per heavy atom. The normalized spacial score (nSPS) is 15.7. The summed E-state index contributed by atoms with van der Waals surface area (Å²) in [5, 5.41) is 14.7.